The first-order chi connectivity index (χ1) is 20.3. The highest BCUT2D eigenvalue weighted by Crippen LogP contribution is 2.41. The number of carbonyl (C=O) groups is 1. The third kappa shape index (κ3) is 7.93. The molecule has 3 aromatic carbocycles. The van der Waals surface area contributed by atoms with Gasteiger partial charge in [0.25, 0.3) is 0 Å². The molecule has 44 heavy (non-hydrogen) atoms. The molecular formula is C33H34ClF7N2O. The van der Waals surface area contributed by atoms with E-state index in [1.165, 1.54) is 12.1 Å². The van der Waals surface area contributed by atoms with Crippen LogP contribution in [0.15, 0.2) is 72.8 Å². The van der Waals surface area contributed by atoms with Crippen LogP contribution in [0.3, 0.4) is 0 Å². The van der Waals surface area contributed by atoms with Gasteiger partial charge >= 0.3 is 12.4 Å². The van der Waals surface area contributed by atoms with Gasteiger partial charge in [0.2, 0.25) is 5.91 Å². The number of likely N-dealkylation sites (tertiary alicyclic amines) is 1. The predicted octanol–water partition coefficient (Wildman–Crippen LogP) is 8.66. The smallest absolute Gasteiger partial charge is 0.346 e. The van der Waals surface area contributed by atoms with Crippen LogP contribution in [0.25, 0.3) is 0 Å². The number of carbonyl (C=O) groups excluding carboxylic acids is 1. The van der Waals surface area contributed by atoms with Crippen LogP contribution in [0.1, 0.15) is 72.3 Å². The monoisotopic (exact) mass is 642 g/mol. The Morgan fingerprint density at radius 1 is 0.795 bits per heavy atom. The molecule has 1 aliphatic carbocycles. The lowest BCUT2D eigenvalue weighted by atomic mass is 9.74. The zero-order valence-corrected chi connectivity index (χ0v) is 24.7. The van der Waals surface area contributed by atoms with E-state index in [9.17, 15) is 35.5 Å². The zero-order valence-electron chi connectivity index (χ0n) is 23.9. The minimum Gasteiger partial charge on any atom is -0.346 e. The van der Waals surface area contributed by atoms with E-state index in [0.29, 0.717) is 36.9 Å². The van der Waals surface area contributed by atoms with Crippen molar-refractivity contribution in [3.63, 3.8) is 0 Å². The number of nitrogens with one attached hydrogen (secondary N) is 1. The summed E-state index contributed by atoms with van der Waals surface area (Å²) < 4.78 is 93.5. The predicted molar refractivity (Wildman–Crippen MR) is 156 cm³/mol. The van der Waals surface area contributed by atoms with Crippen LogP contribution in [0.4, 0.5) is 30.7 Å². The largest absolute Gasteiger partial charge is 0.416 e. The summed E-state index contributed by atoms with van der Waals surface area (Å²) in [5.41, 5.74) is -2.01. The third-order valence-corrected chi connectivity index (χ3v) is 8.91. The van der Waals surface area contributed by atoms with E-state index in [1.54, 1.807) is 0 Å². The first-order valence-electron chi connectivity index (χ1n) is 14.5. The second-order valence-electron chi connectivity index (χ2n) is 11.7. The summed E-state index contributed by atoms with van der Waals surface area (Å²) in [7, 11) is 0. The van der Waals surface area contributed by atoms with Crippen molar-refractivity contribution in [3.8, 4) is 0 Å². The van der Waals surface area contributed by atoms with Crippen molar-refractivity contribution in [1.29, 1.82) is 0 Å². The highest BCUT2D eigenvalue weighted by Gasteiger charge is 2.41. The number of amides is 1. The van der Waals surface area contributed by atoms with Crippen LogP contribution >= 0.6 is 12.4 Å². The molecule has 0 unspecified atom stereocenters. The Bertz CT molecular complexity index is 1360. The molecule has 1 amide bonds. The van der Waals surface area contributed by atoms with E-state index >= 15 is 0 Å². The molecule has 1 saturated carbocycles. The van der Waals surface area contributed by atoms with Crippen LogP contribution in [0.2, 0.25) is 0 Å². The van der Waals surface area contributed by atoms with Crippen molar-refractivity contribution >= 4 is 18.3 Å². The zero-order chi connectivity index (χ0) is 30.8. The van der Waals surface area contributed by atoms with Crippen molar-refractivity contribution in [3.05, 3.63) is 106 Å². The van der Waals surface area contributed by atoms with Gasteiger partial charge in [-0.25, -0.2) is 4.39 Å². The van der Waals surface area contributed by atoms with E-state index in [2.05, 4.69) is 10.2 Å². The molecule has 1 aliphatic heterocycles. The van der Waals surface area contributed by atoms with Crippen LogP contribution in [0.5, 0.6) is 0 Å². The molecule has 0 aromatic heterocycles. The molecule has 0 radical (unpaired) electrons. The molecule has 0 bridgehead atoms. The van der Waals surface area contributed by atoms with Crippen molar-refractivity contribution in [1.82, 2.24) is 10.2 Å². The van der Waals surface area contributed by atoms with Crippen LogP contribution in [0, 0.1) is 5.82 Å². The normalized spacial score (nSPS) is 21.8. The standard InChI is InChI=1S/C33H33F7N2O.ClH/c34-28-8-6-23(7-9-28)24-12-16-42(17-13-24)29-10-14-31(15-11-29,25-4-2-1-3-5-25)41-30(43)20-22-18-26(32(35,36)37)21-27(19-22)33(38,39)40;/h1-9,18-19,21,24,29H,10-17,20H2,(H,41,43);1H/t29-,31-;. The number of halogens is 8. The lowest BCUT2D eigenvalue weighted by Gasteiger charge is -2.46. The van der Waals surface area contributed by atoms with Gasteiger partial charge in [-0.05, 0) is 105 Å². The molecule has 2 aliphatic rings. The lowest BCUT2D eigenvalue weighted by Crippen LogP contribution is -2.52. The Morgan fingerprint density at radius 2 is 1.34 bits per heavy atom. The molecule has 3 aromatic rings. The molecular weight excluding hydrogens is 609 g/mol. The van der Waals surface area contributed by atoms with E-state index < -0.39 is 41.3 Å². The van der Waals surface area contributed by atoms with Crippen molar-refractivity contribution in [2.45, 2.75) is 74.8 Å². The maximum absolute atomic E-state index is 13.4. The quantitative estimate of drug-likeness (QED) is 0.273. The summed E-state index contributed by atoms with van der Waals surface area (Å²) in [5.74, 6) is -0.509. The average Bonchev–Trinajstić information content (AvgIpc) is 2.97. The number of hydrogen-bond acceptors (Lipinski definition) is 2. The number of alkyl halides is 6. The Morgan fingerprint density at radius 3 is 1.86 bits per heavy atom. The van der Waals surface area contributed by atoms with Gasteiger partial charge in [0.05, 0.1) is 23.1 Å². The fourth-order valence-electron chi connectivity index (χ4n) is 6.65. The van der Waals surface area contributed by atoms with Gasteiger partial charge in [0.1, 0.15) is 5.82 Å². The summed E-state index contributed by atoms with van der Waals surface area (Å²) in [6.45, 7) is 1.79. The second kappa shape index (κ2) is 13.5. The molecule has 3 nitrogen and oxygen atoms in total. The average molecular weight is 643 g/mol. The number of nitrogens with zero attached hydrogens (tertiary/aromatic N) is 1. The van der Waals surface area contributed by atoms with Gasteiger partial charge < -0.3 is 10.2 Å². The van der Waals surface area contributed by atoms with Crippen LogP contribution in [-0.4, -0.2) is 29.9 Å². The summed E-state index contributed by atoms with van der Waals surface area (Å²) in [6, 6.07) is 17.6. The van der Waals surface area contributed by atoms with E-state index in [0.717, 1.165) is 49.9 Å². The molecule has 0 atom stereocenters. The molecule has 1 heterocycles. The van der Waals surface area contributed by atoms with E-state index in [1.807, 2.05) is 42.5 Å². The molecule has 2 fully saturated rings. The number of rotatable bonds is 6. The van der Waals surface area contributed by atoms with Gasteiger partial charge in [-0.15, -0.1) is 12.4 Å². The van der Waals surface area contributed by atoms with Crippen molar-refractivity contribution < 1.29 is 35.5 Å². The van der Waals surface area contributed by atoms with Crippen LogP contribution in [-0.2, 0) is 29.1 Å². The highest BCUT2D eigenvalue weighted by atomic mass is 35.5. The topological polar surface area (TPSA) is 32.3 Å². The molecule has 238 valence electrons. The molecule has 1 N–H and O–H groups in total. The van der Waals surface area contributed by atoms with E-state index in [4.69, 9.17) is 0 Å². The SMILES string of the molecule is Cl.O=C(Cc1cc(C(F)(F)F)cc(C(F)(F)F)c1)N[C@]1(c2ccccc2)CC[C@@H](N2CCC(c3ccc(F)cc3)CC2)CC1. The van der Waals surface area contributed by atoms with Gasteiger partial charge in [-0.1, -0.05) is 42.5 Å². The molecule has 0 spiro atoms. The first kappa shape index (κ1) is 33.8. The number of hydrogen-bond donors (Lipinski definition) is 1. The third-order valence-electron chi connectivity index (χ3n) is 8.91. The summed E-state index contributed by atoms with van der Waals surface area (Å²) in [6.07, 6.45) is -5.94. The van der Waals surface area contributed by atoms with Gasteiger partial charge in [0, 0.05) is 6.04 Å². The lowest BCUT2D eigenvalue weighted by molar-refractivity contribution is -0.143. The highest BCUT2D eigenvalue weighted by molar-refractivity contribution is 5.85. The van der Waals surface area contributed by atoms with Gasteiger partial charge in [-0.3, -0.25) is 4.79 Å². The fraction of sp³-hybridized carbons (Fsp3) is 0.424. The summed E-state index contributed by atoms with van der Waals surface area (Å²) in [5, 5.41) is 3.02. The molecule has 11 heteroatoms. The second-order valence-corrected chi connectivity index (χ2v) is 11.7. The molecule has 1 saturated heterocycles. The summed E-state index contributed by atoms with van der Waals surface area (Å²) in [4.78, 5) is 15.7. The maximum Gasteiger partial charge on any atom is 0.416 e. The van der Waals surface area contributed by atoms with Gasteiger partial charge in [0.15, 0.2) is 0 Å². The Kier molecular flexibility index (Phi) is 10.4. The minimum atomic E-state index is -4.98. The Hall–Kier alpha value is -3.11. The minimum absolute atomic E-state index is 0. The number of piperidine rings is 1. The Labute approximate surface area is 258 Å². The molecule has 5 rings (SSSR count). The number of benzene rings is 3. The Balaban J connectivity index is 0.00000442. The maximum atomic E-state index is 13.4. The first-order valence-corrected chi connectivity index (χ1v) is 14.5. The van der Waals surface area contributed by atoms with E-state index in [-0.39, 0.29) is 29.9 Å². The fourth-order valence-corrected chi connectivity index (χ4v) is 6.65. The van der Waals surface area contributed by atoms with Crippen molar-refractivity contribution in [2.75, 3.05) is 13.1 Å². The van der Waals surface area contributed by atoms with Gasteiger partial charge in [-0.2, -0.15) is 26.3 Å². The van der Waals surface area contributed by atoms with Crippen molar-refractivity contribution in [2.24, 2.45) is 0 Å². The van der Waals surface area contributed by atoms with Crippen LogP contribution < -0.4 is 5.32 Å². The summed E-state index contributed by atoms with van der Waals surface area (Å²) >= 11 is 0.